The standard InChI is InChI=1S/C9H6ClF3O3/c1-15-8(14)5-2-4(10)3-6(11)7(5)16-9(12)13/h2-3,9H,1H3. The Kier molecular flexibility index (Phi) is 4.00. The number of carbonyl (C=O) groups is 1. The summed E-state index contributed by atoms with van der Waals surface area (Å²) in [6.07, 6.45) is 0. The zero-order valence-electron chi connectivity index (χ0n) is 7.97. The number of methoxy groups -OCH3 is 1. The lowest BCUT2D eigenvalue weighted by molar-refractivity contribution is -0.0527. The number of carbonyl (C=O) groups excluding carboxylic acids is 1. The van der Waals surface area contributed by atoms with Gasteiger partial charge in [-0.2, -0.15) is 8.78 Å². The molecule has 0 fully saturated rings. The van der Waals surface area contributed by atoms with E-state index in [-0.39, 0.29) is 5.02 Å². The first kappa shape index (κ1) is 12.6. The highest BCUT2D eigenvalue weighted by atomic mass is 35.5. The number of hydrogen-bond acceptors (Lipinski definition) is 3. The van der Waals surface area contributed by atoms with Gasteiger partial charge in [0, 0.05) is 5.02 Å². The number of rotatable bonds is 3. The van der Waals surface area contributed by atoms with Crippen LogP contribution < -0.4 is 4.74 Å². The Balaban J connectivity index is 3.26. The molecular formula is C9H6ClF3O3. The molecule has 0 aromatic heterocycles. The Labute approximate surface area is 93.7 Å². The molecule has 1 rings (SSSR count). The molecular weight excluding hydrogens is 249 g/mol. The molecule has 0 saturated carbocycles. The Morgan fingerprint density at radius 3 is 2.56 bits per heavy atom. The summed E-state index contributed by atoms with van der Waals surface area (Å²) in [5, 5.41) is -0.125. The number of halogens is 4. The van der Waals surface area contributed by atoms with Gasteiger partial charge >= 0.3 is 12.6 Å². The summed E-state index contributed by atoms with van der Waals surface area (Å²) in [6.45, 7) is -3.25. The van der Waals surface area contributed by atoms with E-state index in [0.29, 0.717) is 0 Å². The molecule has 0 heterocycles. The molecule has 1 aromatic carbocycles. The lowest BCUT2D eigenvalue weighted by Crippen LogP contribution is -2.11. The maximum atomic E-state index is 13.2. The second-order valence-electron chi connectivity index (χ2n) is 2.63. The van der Waals surface area contributed by atoms with Crippen LogP contribution in [0.2, 0.25) is 5.02 Å². The summed E-state index contributed by atoms with van der Waals surface area (Å²) < 4.78 is 45.3. The summed E-state index contributed by atoms with van der Waals surface area (Å²) in [7, 11) is 1.02. The predicted molar refractivity (Wildman–Crippen MR) is 49.4 cm³/mol. The molecule has 0 saturated heterocycles. The zero-order chi connectivity index (χ0) is 12.3. The van der Waals surface area contributed by atoms with Crippen molar-refractivity contribution >= 4 is 17.6 Å². The van der Waals surface area contributed by atoms with Gasteiger partial charge in [0.25, 0.3) is 0 Å². The Morgan fingerprint density at radius 2 is 2.06 bits per heavy atom. The molecule has 0 amide bonds. The maximum Gasteiger partial charge on any atom is 0.387 e. The lowest BCUT2D eigenvalue weighted by atomic mass is 10.2. The van der Waals surface area contributed by atoms with Crippen molar-refractivity contribution < 1.29 is 27.4 Å². The maximum absolute atomic E-state index is 13.2. The first-order valence-corrected chi connectivity index (χ1v) is 4.35. The molecule has 88 valence electrons. The van der Waals surface area contributed by atoms with Gasteiger partial charge in [0.1, 0.15) is 5.56 Å². The number of hydrogen-bond donors (Lipinski definition) is 0. The van der Waals surface area contributed by atoms with Gasteiger partial charge in [0.05, 0.1) is 7.11 Å². The van der Waals surface area contributed by atoms with Gasteiger partial charge in [-0.25, -0.2) is 9.18 Å². The summed E-state index contributed by atoms with van der Waals surface area (Å²) >= 11 is 5.47. The predicted octanol–water partition coefficient (Wildman–Crippen LogP) is 2.87. The first-order chi connectivity index (χ1) is 7.45. The van der Waals surface area contributed by atoms with Crippen molar-refractivity contribution in [3.05, 3.63) is 28.5 Å². The molecule has 0 spiro atoms. The van der Waals surface area contributed by atoms with Crippen LogP contribution in [0.1, 0.15) is 10.4 Å². The van der Waals surface area contributed by atoms with Gasteiger partial charge in [-0.3, -0.25) is 0 Å². The fourth-order valence-corrected chi connectivity index (χ4v) is 1.24. The minimum atomic E-state index is -3.25. The van der Waals surface area contributed by atoms with E-state index in [4.69, 9.17) is 11.6 Å². The summed E-state index contributed by atoms with van der Waals surface area (Å²) in [6, 6.07) is 1.74. The van der Waals surface area contributed by atoms with Crippen LogP contribution in [0.4, 0.5) is 13.2 Å². The second-order valence-corrected chi connectivity index (χ2v) is 3.07. The van der Waals surface area contributed by atoms with Crippen LogP contribution in [0.5, 0.6) is 5.75 Å². The van der Waals surface area contributed by atoms with E-state index in [9.17, 15) is 18.0 Å². The average molecular weight is 255 g/mol. The molecule has 16 heavy (non-hydrogen) atoms. The molecule has 0 bridgehead atoms. The van der Waals surface area contributed by atoms with Crippen molar-refractivity contribution in [3.63, 3.8) is 0 Å². The van der Waals surface area contributed by atoms with Crippen molar-refractivity contribution in [1.29, 1.82) is 0 Å². The molecule has 7 heteroatoms. The van der Waals surface area contributed by atoms with E-state index in [1.165, 1.54) is 0 Å². The minimum absolute atomic E-state index is 0.125. The highest BCUT2D eigenvalue weighted by Crippen LogP contribution is 2.28. The topological polar surface area (TPSA) is 35.5 Å². The fraction of sp³-hybridized carbons (Fsp3) is 0.222. The van der Waals surface area contributed by atoms with Crippen molar-refractivity contribution in [2.45, 2.75) is 6.61 Å². The lowest BCUT2D eigenvalue weighted by Gasteiger charge is -2.10. The third kappa shape index (κ3) is 2.79. The molecule has 0 atom stereocenters. The molecule has 0 aliphatic carbocycles. The monoisotopic (exact) mass is 254 g/mol. The second kappa shape index (κ2) is 5.07. The highest BCUT2D eigenvalue weighted by molar-refractivity contribution is 6.31. The molecule has 1 aromatic rings. The normalized spacial score (nSPS) is 10.4. The van der Waals surface area contributed by atoms with Gasteiger partial charge < -0.3 is 9.47 Å². The first-order valence-electron chi connectivity index (χ1n) is 3.98. The van der Waals surface area contributed by atoms with Gasteiger partial charge in [0.15, 0.2) is 11.6 Å². The SMILES string of the molecule is COC(=O)c1cc(Cl)cc(F)c1OC(F)F. The average Bonchev–Trinajstić information content (AvgIpc) is 2.20. The van der Waals surface area contributed by atoms with Crippen LogP contribution in [0.3, 0.4) is 0 Å². The smallest absolute Gasteiger partial charge is 0.387 e. The largest absolute Gasteiger partial charge is 0.465 e. The van der Waals surface area contributed by atoms with E-state index in [2.05, 4.69) is 9.47 Å². The third-order valence-corrected chi connectivity index (χ3v) is 1.84. The molecule has 0 aliphatic heterocycles. The van der Waals surface area contributed by atoms with E-state index in [1.807, 2.05) is 0 Å². The molecule has 0 N–H and O–H groups in total. The van der Waals surface area contributed by atoms with E-state index in [0.717, 1.165) is 19.2 Å². The van der Waals surface area contributed by atoms with Crippen LogP contribution in [0, 0.1) is 5.82 Å². The van der Waals surface area contributed by atoms with Crippen molar-refractivity contribution in [2.75, 3.05) is 7.11 Å². The van der Waals surface area contributed by atoms with Gasteiger partial charge in [-0.05, 0) is 12.1 Å². The highest BCUT2D eigenvalue weighted by Gasteiger charge is 2.21. The minimum Gasteiger partial charge on any atom is -0.465 e. The van der Waals surface area contributed by atoms with Crippen LogP contribution in [0.25, 0.3) is 0 Å². The van der Waals surface area contributed by atoms with Crippen molar-refractivity contribution in [1.82, 2.24) is 0 Å². The number of ether oxygens (including phenoxy) is 2. The quantitative estimate of drug-likeness (QED) is 0.778. The van der Waals surface area contributed by atoms with E-state index >= 15 is 0 Å². The molecule has 3 nitrogen and oxygen atoms in total. The van der Waals surface area contributed by atoms with Gasteiger partial charge in [-0.1, -0.05) is 11.6 Å². The summed E-state index contributed by atoms with van der Waals surface area (Å²) in [4.78, 5) is 11.1. The number of esters is 1. The zero-order valence-corrected chi connectivity index (χ0v) is 8.72. The summed E-state index contributed by atoms with van der Waals surface area (Å²) in [5.74, 6) is -3.06. The van der Waals surface area contributed by atoms with E-state index < -0.39 is 29.7 Å². The third-order valence-electron chi connectivity index (χ3n) is 1.62. The number of alkyl halides is 2. The number of benzene rings is 1. The molecule has 0 unspecified atom stereocenters. The van der Waals surface area contributed by atoms with Crippen LogP contribution in [-0.4, -0.2) is 19.7 Å². The van der Waals surface area contributed by atoms with Gasteiger partial charge in [0.2, 0.25) is 0 Å². The van der Waals surface area contributed by atoms with Crippen molar-refractivity contribution in [3.8, 4) is 5.75 Å². The molecule has 0 aliphatic rings. The Hall–Kier alpha value is -1.43. The van der Waals surface area contributed by atoms with E-state index in [1.54, 1.807) is 0 Å². The fourth-order valence-electron chi connectivity index (χ4n) is 1.03. The van der Waals surface area contributed by atoms with Gasteiger partial charge in [-0.15, -0.1) is 0 Å². The van der Waals surface area contributed by atoms with Crippen molar-refractivity contribution in [2.24, 2.45) is 0 Å². The Morgan fingerprint density at radius 1 is 1.44 bits per heavy atom. The van der Waals surface area contributed by atoms with Crippen LogP contribution >= 0.6 is 11.6 Å². The van der Waals surface area contributed by atoms with Crippen LogP contribution in [-0.2, 0) is 4.74 Å². The Bertz CT molecular complexity index is 409. The summed E-state index contributed by atoms with van der Waals surface area (Å²) in [5.41, 5.74) is -0.493. The molecule has 0 radical (unpaired) electrons. The van der Waals surface area contributed by atoms with Crippen LogP contribution in [0.15, 0.2) is 12.1 Å².